The molecular weight excluding hydrogens is 188 g/mol. The number of methoxy groups -OCH3 is 1. The largest absolute Gasteiger partial charge is 0.465 e. The molecule has 1 aromatic carbocycles. The van der Waals surface area contributed by atoms with Gasteiger partial charge in [0, 0.05) is 0 Å². The van der Waals surface area contributed by atoms with Gasteiger partial charge in [-0.05, 0) is 30.6 Å². The first kappa shape index (κ1) is 10.1. The lowest BCUT2D eigenvalue weighted by molar-refractivity contribution is 0.0600. The minimum Gasteiger partial charge on any atom is -0.465 e. The fraction of sp³-hybridized carbons (Fsp3) is 0.222. The molecule has 3 nitrogen and oxygen atoms in total. The van der Waals surface area contributed by atoms with Gasteiger partial charge >= 0.3 is 5.97 Å². The molecule has 1 rings (SSSR count). The van der Waals surface area contributed by atoms with E-state index in [0.717, 1.165) is 5.56 Å². The Balaban J connectivity index is 2.75. The zero-order chi connectivity index (χ0) is 9.68. The number of esters is 1. The SMILES string of the molecule is COC(=O)c1ccc(COS)cc1. The highest BCUT2D eigenvalue weighted by atomic mass is 32.1. The van der Waals surface area contributed by atoms with E-state index in [9.17, 15) is 4.79 Å². The lowest BCUT2D eigenvalue weighted by Gasteiger charge is -2.00. The average molecular weight is 198 g/mol. The molecule has 0 aliphatic rings. The van der Waals surface area contributed by atoms with Gasteiger partial charge < -0.3 is 8.92 Å². The molecule has 0 aliphatic carbocycles. The van der Waals surface area contributed by atoms with E-state index in [1.54, 1.807) is 24.3 Å². The summed E-state index contributed by atoms with van der Waals surface area (Å²) < 4.78 is 9.18. The van der Waals surface area contributed by atoms with Crippen LogP contribution < -0.4 is 0 Å². The second kappa shape index (κ2) is 4.89. The van der Waals surface area contributed by atoms with Crippen molar-refractivity contribution in [1.29, 1.82) is 0 Å². The van der Waals surface area contributed by atoms with E-state index in [4.69, 9.17) is 0 Å². The fourth-order valence-corrected chi connectivity index (χ4v) is 1.08. The summed E-state index contributed by atoms with van der Waals surface area (Å²) in [6, 6.07) is 6.97. The van der Waals surface area contributed by atoms with Crippen molar-refractivity contribution in [1.82, 2.24) is 0 Å². The van der Waals surface area contributed by atoms with Gasteiger partial charge in [-0.3, -0.25) is 0 Å². The van der Waals surface area contributed by atoms with Crippen LogP contribution in [0.2, 0.25) is 0 Å². The summed E-state index contributed by atoms with van der Waals surface area (Å²) in [6.45, 7) is 0.421. The standard InChI is InChI=1S/C9H10O3S/c1-11-9(10)8-4-2-7(3-5-8)6-12-13/h2-5,13H,6H2,1H3. The number of benzene rings is 1. The average Bonchev–Trinajstić information content (AvgIpc) is 2.18. The summed E-state index contributed by atoms with van der Waals surface area (Å²) >= 11 is 3.63. The molecule has 0 unspecified atom stereocenters. The summed E-state index contributed by atoms with van der Waals surface area (Å²) in [7, 11) is 1.35. The van der Waals surface area contributed by atoms with Crippen molar-refractivity contribution in [3.05, 3.63) is 35.4 Å². The number of carbonyl (C=O) groups is 1. The first-order chi connectivity index (χ1) is 6.27. The van der Waals surface area contributed by atoms with Crippen LogP contribution in [0, 0.1) is 0 Å². The minimum absolute atomic E-state index is 0.335. The molecule has 13 heavy (non-hydrogen) atoms. The minimum atomic E-state index is -0.335. The number of rotatable bonds is 3. The maximum Gasteiger partial charge on any atom is 0.337 e. The lowest BCUT2D eigenvalue weighted by Crippen LogP contribution is -2.00. The highest BCUT2D eigenvalue weighted by Gasteiger charge is 2.03. The zero-order valence-corrected chi connectivity index (χ0v) is 8.08. The molecule has 4 heteroatoms. The molecule has 0 fully saturated rings. The van der Waals surface area contributed by atoms with Crippen LogP contribution in [0.15, 0.2) is 24.3 Å². The zero-order valence-electron chi connectivity index (χ0n) is 7.19. The first-order valence-electron chi connectivity index (χ1n) is 3.71. The highest BCUT2D eigenvalue weighted by molar-refractivity contribution is 7.75. The monoisotopic (exact) mass is 198 g/mol. The van der Waals surface area contributed by atoms with Gasteiger partial charge in [0.05, 0.1) is 19.3 Å². The molecule has 1 aromatic rings. The Morgan fingerprint density at radius 3 is 2.46 bits per heavy atom. The highest BCUT2D eigenvalue weighted by Crippen LogP contribution is 2.07. The molecule has 0 aromatic heterocycles. The molecule has 0 amide bonds. The quantitative estimate of drug-likeness (QED) is 0.457. The van der Waals surface area contributed by atoms with Gasteiger partial charge in [-0.1, -0.05) is 12.1 Å². The lowest BCUT2D eigenvalue weighted by atomic mass is 10.1. The van der Waals surface area contributed by atoms with E-state index in [0.29, 0.717) is 12.2 Å². The summed E-state index contributed by atoms with van der Waals surface area (Å²) in [5.74, 6) is -0.335. The van der Waals surface area contributed by atoms with Gasteiger partial charge in [0.1, 0.15) is 0 Å². The van der Waals surface area contributed by atoms with Crippen LogP contribution >= 0.6 is 12.9 Å². The van der Waals surface area contributed by atoms with Gasteiger partial charge in [-0.2, -0.15) is 0 Å². The summed E-state index contributed by atoms with van der Waals surface area (Å²) in [5.41, 5.74) is 1.49. The van der Waals surface area contributed by atoms with Crippen LogP contribution in [-0.4, -0.2) is 13.1 Å². The third kappa shape index (κ3) is 2.75. The van der Waals surface area contributed by atoms with Crippen molar-refractivity contribution in [2.45, 2.75) is 6.61 Å². The molecule has 0 aliphatic heterocycles. The molecule has 0 saturated heterocycles. The predicted molar refractivity (Wildman–Crippen MR) is 51.6 cm³/mol. The Kier molecular flexibility index (Phi) is 3.79. The Bertz CT molecular complexity index is 281. The number of thiol groups is 1. The summed E-state index contributed by atoms with van der Waals surface area (Å²) in [5, 5.41) is 0. The number of hydrogen-bond donors (Lipinski definition) is 1. The first-order valence-corrected chi connectivity index (χ1v) is 4.08. The van der Waals surface area contributed by atoms with Crippen molar-refractivity contribution < 1.29 is 13.7 Å². The van der Waals surface area contributed by atoms with E-state index < -0.39 is 0 Å². The van der Waals surface area contributed by atoms with Gasteiger partial charge in [-0.15, -0.1) is 0 Å². The summed E-state index contributed by atoms with van der Waals surface area (Å²) in [6.07, 6.45) is 0. The van der Waals surface area contributed by atoms with Crippen LogP contribution in [0.4, 0.5) is 0 Å². The fourth-order valence-electron chi connectivity index (χ4n) is 0.929. The molecule has 0 N–H and O–H groups in total. The second-order valence-electron chi connectivity index (χ2n) is 2.46. The van der Waals surface area contributed by atoms with E-state index >= 15 is 0 Å². The van der Waals surface area contributed by atoms with Gasteiger partial charge in [-0.25, -0.2) is 4.79 Å². The Hall–Kier alpha value is -1.00. The van der Waals surface area contributed by atoms with E-state index in [1.165, 1.54) is 7.11 Å². The summed E-state index contributed by atoms with van der Waals surface area (Å²) in [4.78, 5) is 11.0. The van der Waals surface area contributed by atoms with Gasteiger partial charge in [0.15, 0.2) is 0 Å². The van der Waals surface area contributed by atoms with Gasteiger partial charge in [0.2, 0.25) is 0 Å². The van der Waals surface area contributed by atoms with Crippen LogP contribution in [-0.2, 0) is 15.5 Å². The number of hydrogen-bond acceptors (Lipinski definition) is 4. The molecule has 0 spiro atoms. The third-order valence-corrected chi connectivity index (χ3v) is 1.74. The van der Waals surface area contributed by atoms with Crippen molar-refractivity contribution in [2.24, 2.45) is 0 Å². The third-order valence-electron chi connectivity index (χ3n) is 1.61. The smallest absolute Gasteiger partial charge is 0.337 e. The van der Waals surface area contributed by atoms with E-state index in [2.05, 4.69) is 21.8 Å². The Morgan fingerprint density at radius 1 is 1.38 bits per heavy atom. The maximum atomic E-state index is 11.0. The number of carbonyl (C=O) groups excluding carboxylic acids is 1. The van der Waals surface area contributed by atoms with E-state index in [1.807, 2.05) is 0 Å². The van der Waals surface area contributed by atoms with Crippen molar-refractivity contribution >= 4 is 18.9 Å². The van der Waals surface area contributed by atoms with Crippen molar-refractivity contribution in [3.63, 3.8) is 0 Å². The van der Waals surface area contributed by atoms with Crippen LogP contribution in [0.25, 0.3) is 0 Å². The van der Waals surface area contributed by atoms with Crippen molar-refractivity contribution in [3.8, 4) is 0 Å². The second-order valence-corrected chi connectivity index (χ2v) is 2.72. The van der Waals surface area contributed by atoms with Crippen LogP contribution in [0.3, 0.4) is 0 Å². The molecule has 70 valence electrons. The topological polar surface area (TPSA) is 35.5 Å². The maximum absolute atomic E-state index is 11.0. The normalized spacial score (nSPS) is 9.69. The van der Waals surface area contributed by atoms with Crippen molar-refractivity contribution in [2.75, 3.05) is 7.11 Å². The van der Waals surface area contributed by atoms with Crippen LogP contribution in [0.1, 0.15) is 15.9 Å². The molecule has 0 atom stereocenters. The number of ether oxygens (including phenoxy) is 1. The predicted octanol–water partition coefficient (Wildman–Crippen LogP) is 1.83. The van der Waals surface area contributed by atoms with Crippen LogP contribution in [0.5, 0.6) is 0 Å². The van der Waals surface area contributed by atoms with E-state index in [-0.39, 0.29) is 5.97 Å². The Labute approximate surface area is 82.3 Å². The van der Waals surface area contributed by atoms with Gasteiger partial charge in [0.25, 0.3) is 0 Å². The molecular formula is C9H10O3S. The molecule has 0 heterocycles. The molecule has 0 bridgehead atoms. The molecule has 0 radical (unpaired) electrons. The Morgan fingerprint density at radius 2 is 2.00 bits per heavy atom. The molecule has 0 saturated carbocycles.